The molecule has 0 unspecified atom stereocenters. The molecule has 120 valence electrons. The number of aryl methyl sites for hydroxylation is 1. The Morgan fingerprint density at radius 3 is 2.64 bits per heavy atom. The third kappa shape index (κ3) is 3.45. The normalized spacial score (nSPS) is 20.4. The van der Waals surface area contributed by atoms with Crippen LogP contribution in [0.5, 0.6) is 0 Å². The minimum Gasteiger partial charge on any atom is -0.376 e. The Balaban J connectivity index is 1.49. The number of piperidine rings is 1. The fraction of sp³-hybridized carbons (Fsp3) is 0.562. The molecule has 0 radical (unpaired) electrons. The Bertz CT molecular complexity index is 548. The second-order valence-electron chi connectivity index (χ2n) is 5.81. The van der Waals surface area contributed by atoms with Gasteiger partial charge in [0.25, 0.3) is 0 Å². The average molecular weight is 369 g/mol. The highest BCUT2D eigenvalue weighted by molar-refractivity contribution is 9.10. The van der Waals surface area contributed by atoms with Crippen LogP contribution < -0.4 is 5.32 Å². The lowest BCUT2D eigenvalue weighted by molar-refractivity contribution is -0.187. The van der Waals surface area contributed by atoms with Crippen LogP contribution in [0, 0.1) is 6.92 Å². The van der Waals surface area contributed by atoms with E-state index in [2.05, 4.69) is 21.2 Å². The second-order valence-corrected chi connectivity index (χ2v) is 6.66. The van der Waals surface area contributed by atoms with Gasteiger partial charge in [0.05, 0.1) is 19.8 Å². The number of carbonyl (C=O) groups excluding carboxylic acids is 1. The van der Waals surface area contributed by atoms with Gasteiger partial charge in [0.15, 0.2) is 5.79 Å². The molecule has 0 aliphatic carbocycles. The molecule has 22 heavy (non-hydrogen) atoms. The Kier molecular flexibility index (Phi) is 4.70. The number of ether oxygens (including phenoxy) is 2. The molecule has 1 N–H and O–H groups in total. The molecule has 2 saturated heterocycles. The van der Waals surface area contributed by atoms with E-state index in [0.717, 1.165) is 28.6 Å². The molecule has 0 saturated carbocycles. The van der Waals surface area contributed by atoms with E-state index in [-0.39, 0.29) is 5.91 Å². The first-order valence-corrected chi connectivity index (χ1v) is 8.43. The highest BCUT2D eigenvalue weighted by atomic mass is 79.9. The van der Waals surface area contributed by atoms with Crippen molar-refractivity contribution in [1.29, 1.82) is 0 Å². The van der Waals surface area contributed by atoms with Crippen molar-refractivity contribution < 1.29 is 14.3 Å². The van der Waals surface area contributed by atoms with Crippen molar-refractivity contribution in [3.8, 4) is 0 Å². The molecule has 2 aliphatic heterocycles. The van der Waals surface area contributed by atoms with E-state index in [1.807, 2.05) is 30.0 Å². The maximum Gasteiger partial charge on any atom is 0.241 e. The van der Waals surface area contributed by atoms with Crippen LogP contribution in [-0.4, -0.2) is 49.4 Å². The molecular weight excluding hydrogens is 348 g/mol. The molecule has 0 aromatic heterocycles. The van der Waals surface area contributed by atoms with E-state index in [1.54, 1.807) is 0 Å². The minimum absolute atomic E-state index is 0.119. The van der Waals surface area contributed by atoms with Gasteiger partial charge in [0.2, 0.25) is 5.91 Å². The van der Waals surface area contributed by atoms with Crippen LogP contribution in [0.15, 0.2) is 22.7 Å². The summed E-state index contributed by atoms with van der Waals surface area (Å²) >= 11 is 3.47. The van der Waals surface area contributed by atoms with Crippen LogP contribution in [0.3, 0.4) is 0 Å². The third-order valence-corrected chi connectivity index (χ3v) is 5.18. The topological polar surface area (TPSA) is 50.8 Å². The number of hydrogen-bond acceptors (Lipinski definition) is 4. The quantitative estimate of drug-likeness (QED) is 0.890. The predicted molar refractivity (Wildman–Crippen MR) is 87.8 cm³/mol. The molecule has 1 aromatic rings. The van der Waals surface area contributed by atoms with Crippen molar-refractivity contribution in [3.05, 3.63) is 28.2 Å². The molecule has 5 nitrogen and oxygen atoms in total. The Morgan fingerprint density at radius 1 is 1.32 bits per heavy atom. The fourth-order valence-corrected chi connectivity index (χ4v) is 3.17. The average Bonchev–Trinajstić information content (AvgIpc) is 2.97. The smallest absolute Gasteiger partial charge is 0.241 e. The number of amides is 1. The second kappa shape index (κ2) is 6.56. The lowest BCUT2D eigenvalue weighted by Crippen LogP contribution is -2.48. The monoisotopic (exact) mass is 368 g/mol. The van der Waals surface area contributed by atoms with Crippen LogP contribution in [0.25, 0.3) is 0 Å². The van der Waals surface area contributed by atoms with Gasteiger partial charge in [-0.05, 0) is 30.7 Å². The molecule has 0 atom stereocenters. The number of anilines is 1. The largest absolute Gasteiger partial charge is 0.376 e. The third-order valence-electron chi connectivity index (χ3n) is 4.29. The molecule has 2 fully saturated rings. The van der Waals surface area contributed by atoms with Crippen LogP contribution in [-0.2, 0) is 14.3 Å². The van der Waals surface area contributed by atoms with E-state index in [1.165, 1.54) is 0 Å². The Labute approximate surface area is 139 Å². The van der Waals surface area contributed by atoms with E-state index < -0.39 is 5.79 Å². The zero-order chi connectivity index (χ0) is 15.6. The van der Waals surface area contributed by atoms with Crippen molar-refractivity contribution in [2.75, 3.05) is 38.2 Å². The number of carbonyl (C=O) groups is 1. The molecule has 6 heteroatoms. The molecule has 1 spiro atoms. The van der Waals surface area contributed by atoms with Gasteiger partial charge in [-0.15, -0.1) is 0 Å². The summed E-state index contributed by atoms with van der Waals surface area (Å²) in [5.41, 5.74) is 2.11. The van der Waals surface area contributed by atoms with Gasteiger partial charge in [0, 0.05) is 36.1 Å². The lowest BCUT2D eigenvalue weighted by Gasteiger charge is -2.37. The van der Waals surface area contributed by atoms with Gasteiger partial charge in [-0.1, -0.05) is 15.9 Å². The molecule has 3 rings (SSSR count). The highest BCUT2D eigenvalue weighted by Gasteiger charge is 2.40. The summed E-state index contributed by atoms with van der Waals surface area (Å²) in [6, 6.07) is 5.99. The summed E-state index contributed by atoms with van der Waals surface area (Å²) in [6.45, 7) is 5.06. The number of hydrogen-bond donors (Lipinski definition) is 1. The number of nitrogens with zero attached hydrogens (tertiary/aromatic N) is 1. The summed E-state index contributed by atoms with van der Waals surface area (Å²) in [5, 5.41) is 3.20. The van der Waals surface area contributed by atoms with Crippen molar-refractivity contribution in [1.82, 2.24) is 4.90 Å². The van der Waals surface area contributed by atoms with Gasteiger partial charge >= 0.3 is 0 Å². The van der Waals surface area contributed by atoms with Crippen molar-refractivity contribution in [2.45, 2.75) is 25.6 Å². The SMILES string of the molecule is Cc1cc(NCC(=O)N2CCC3(CC2)OCCO3)ccc1Br. The van der Waals surface area contributed by atoms with Crippen molar-refractivity contribution >= 4 is 27.5 Å². The van der Waals surface area contributed by atoms with E-state index in [0.29, 0.717) is 32.8 Å². The molecule has 0 bridgehead atoms. The maximum atomic E-state index is 12.3. The van der Waals surface area contributed by atoms with E-state index in [9.17, 15) is 4.79 Å². The Hall–Kier alpha value is -1.11. The first-order valence-electron chi connectivity index (χ1n) is 7.64. The maximum absolute atomic E-state index is 12.3. The van der Waals surface area contributed by atoms with Crippen LogP contribution in [0.1, 0.15) is 18.4 Å². The van der Waals surface area contributed by atoms with Crippen LogP contribution in [0.2, 0.25) is 0 Å². The zero-order valence-electron chi connectivity index (χ0n) is 12.7. The van der Waals surface area contributed by atoms with Gasteiger partial charge in [-0.25, -0.2) is 0 Å². The molecular formula is C16H21BrN2O3. The summed E-state index contributed by atoms with van der Waals surface area (Å²) in [7, 11) is 0. The lowest BCUT2D eigenvalue weighted by atomic mass is 10.0. The number of nitrogens with one attached hydrogen (secondary N) is 1. The Morgan fingerprint density at radius 2 is 2.00 bits per heavy atom. The number of halogens is 1. The number of benzene rings is 1. The van der Waals surface area contributed by atoms with E-state index in [4.69, 9.17) is 9.47 Å². The summed E-state index contributed by atoms with van der Waals surface area (Å²) < 4.78 is 12.4. The van der Waals surface area contributed by atoms with Crippen LogP contribution >= 0.6 is 15.9 Å². The highest BCUT2D eigenvalue weighted by Crippen LogP contribution is 2.31. The van der Waals surface area contributed by atoms with Gasteiger partial charge in [-0.2, -0.15) is 0 Å². The predicted octanol–water partition coefficient (Wildman–Crippen LogP) is 2.53. The van der Waals surface area contributed by atoms with Crippen molar-refractivity contribution in [2.24, 2.45) is 0 Å². The van der Waals surface area contributed by atoms with Gasteiger partial charge in [0.1, 0.15) is 0 Å². The molecule has 2 heterocycles. The number of likely N-dealkylation sites (tertiary alicyclic amines) is 1. The summed E-state index contributed by atoms with van der Waals surface area (Å²) in [5.74, 6) is -0.305. The van der Waals surface area contributed by atoms with Crippen molar-refractivity contribution in [3.63, 3.8) is 0 Å². The van der Waals surface area contributed by atoms with Gasteiger partial charge in [-0.3, -0.25) is 4.79 Å². The summed E-state index contributed by atoms with van der Waals surface area (Å²) in [6.07, 6.45) is 1.52. The zero-order valence-corrected chi connectivity index (χ0v) is 14.3. The molecule has 2 aliphatic rings. The number of rotatable bonds is 3. The molecule has 1 aromatic carbocycles. The van der Waals surface area contributed by atoms with Crippen LogP contribution in [0.4, 0.5) is 5.69 Å². The van der Waals surface area contributed by atoms with Gasteiger partial charge < -0.3 is 19.7 Å². The first-order chi connectivity index (χ1) is 10.6. The van der Waals surface area contributed by atoms with E-state index >= 15 is 0 Å². The standard InChI is InChI=1S/C16H21BrN2O3/c1-12-10-13(2-3-14(12)17)18-11-15(20)19-6-4-16(5-7-19)21-8-9-22-16/h2-3,10,18H,4-9,11H2,1H3. The fourth-order valence-electron chi connectivity index (χ4n) is 2.93. The first kappa shape index (κ1) is 15.8. The minimum atomic E-state index is -0.424. The molecule has 1 amide bonds. The summed E-state index contributed by atoms with van der Waals surface area (Å²) in [4.78, 5) is 14.2.